The Labute approximate surface area is 151 Å². The van der Waals surface area contributed by atoms with E-state index in [4.69, 9.17) is 11.6 Å². The zero-order valence-corrected chi connectivity index (χ0v) is 14.8. The van der Waals surface area contributed by atoms with Crippen molar-refractivity contribution >= 4 is 34.3 Å². The number of H-pyrrole nitrogens is 1. The van der Waals surface area contributed by atoms with E-state index in [1.807, 2.05) is 17.0 Å². The number of nitrogens with one attached hydrogen (secondary N) is 2. The maximum absolute atomic E-state index is 12.4. The molecule has 2 amide bonds. The second-order valence-electron chi connectivity index (χ2n) is 7.15. The van der Waals surface area contributed by atoms with E-state index in [9.17, 15) is 9.59 Å². The number of amides is 2. The number of likely N-dealkylation sites (tertiary alicyclic amines) is 1. The molecule has 5 nitrogen and oxygen atoms in total. The van der Waals surface area contributed by atoms with Gasteiger partial charge in [0.2, 0.25) is 5.91 Å². The first-order valence-electron chi connectivity index (χ1n) is 8.96. The molecule has 1 unspecified atom stereocenters. The fourth-order valence-corrected chi connectivity index (χ4v) is 4.32. The number of carbonyl (C=O) groups excluding carboxylic acids is 2. The summed E-state index contributed by atoms with van der Waals surface area (Å²) < 4.78 is 0. The zero-order chi connectivity index (χ0) is 17.4. The predicted molar refractivity (Wildman–Crippen MR) is 97.7 cm³/mol. The average molecular weight is 360 g/mol. The molecule has 2 aromatic rings. The van der Waals surface area contributed by atoms with Crippen LogP contribution < -0.4 is 5.32 Å². The van der Waals surface area contributed by atoms with Crippen molar-refractivity contribution in [3.63, 3.8) is 0 Å². The Kier molecular flexibility index (Phi) is 4.42. The van der Waals surface area contributed by atoms with Gasteiger partial charge in [-0.3, -0.25) is 9.59 Å². The molecule has 1 aromatic carbocycles. The summed E-state index contributed by atoms with van der Waals surface area (Å²) in [5, 5.41) is 4.43. The van der Waals surface area contributed by atoms with Crippen LogP contribution in [0.2, 0.25) is 5.02 Å². The molecule has 25 heavy (non-hydrogen) atoms. The van der Waals surface area contributed by atoms with Gasteiger partial charge in [0.25, 0.3) is 5.91 Å². The maximum Gasteiger partial charge on any atom is 0.267 e. The van der Waals surface area contributed by atoms with E-state index in [0.717, 1.165) is 30.3 Å². The Bertz CT molecular complexity index is 810. The van der Waals surface area contributed by atoms with E-state index < -0.39 is 0 Å². The molecule has 2 heterocycles. The van der Waals surface area contributed by atoms with E-state index in [1.54, 1.807) is 12.1 Å². The summed E-state index contributed by atoms with van der Waals surface area (Å²) >= 11 is 6.16. The van der Waals surface area contributed by atoms with Crippen LogP contribution in [-0.2, 0) is 4.79 Å². The summed E-state index contributed by atoms with van der Waals surface area (Å²) in [4.78, 5) is 29.8. The molecule has 1 aliphatic heterocycles. The molecule has 2 N–H and O–H groups in total. The minimum Gasteiger partial charge on any atom is -0.350 e. The topological polar surface area (TPSA) is 65.2 Å². The third kappa shape index (κ3) is 3.25. The molecule has 4 rings (SSSR count). The standard InChI is InChI=1S/C19H22ClN3O2/c20-15-6-3-7-16-14(15)9-17(22-16)19(25)21-10-12-8-18(24)23(11-12)13-4-1-2-5-13/h3,6-7,9,12-13,22H,1-2,4-5,8,10-11H2,(H,21,25). The highest BCUT2D eigenvalue weighted by molar-refractivity contribution is 6.35. The molecule has 1 aromatic heterocycles. The van der Waals surface area contributed by atoms with Gasteiger partial charge in [-0.05, 0) is 31.0 Å². The van der Waals surface area contributed by atoms with Crippen LogP contribution in [-0.4, -0.2) is 40.8 Å². The molecule has 2 fully saturated rings. The Balaban J connectivity index is 1.37. The van der Waals surface area contributed by atoms with Gasteiger partial charge in [0.1, 0.15) is 5.69 Å². The van der Waals surface area contributed by atoms with Gasteiger partial charge < -0.3 is 15.2 Å². The lowest BCUT2D eigenvalue weighted by molar-refractivity contribution is -0.129. The highest BCUT2D eigenvalue weighted by atomic mass is 35.5. The van der Waals surface area contributed by atoms with Gasteiger partial charge >= 0.3 is 0 Å². The van der Waals surface area contributed by atoms with Gasteiger partial charge in [0.05, 0.1) is 0 Å². The van der Waals surface area contributed by atoms with Crippen molar-refractivity contribution < 1.29 is 9.59 Å². The number of nitrogens with zero attached hydrogens (tertiary/aromatic N) is 1. The van der Waals surface area contributed by atoms with Crippen molar-refractivity contribution in [2.75, 3.05) is 13.1 Å². The summed E-state index contributed by atoms with van der Waals surface area (Å²) in [5.74, 6) is 0.285. The Morgan fingerprint density at radius 3 is 2.88 bits per heavy atom. The summed E-state index contributed by atoms with van der Waals surface area (Å²) in [6, 6.07) is 7.75. The van der Waals surface area contributed by atoms with Crippen LogP contribution in [0.5, 0.6) is 0 Å². The molecular weight excluding hydrogens is 338 g/mol. The number of aromatic nitrogens is 1. The summed E-state index contributed by atoms with van der Waals surface area (Å²) in [6.45, 7) is 1.29. The van der Waals surface area contributed by atoms with Crippen molar-refractivity contribution in [1.29, 1.82) is 0 Å². The Morgan fingerprint density at radius 2 is 2.12 bits per heavy atom. The van der Waals surface area contributed by atoms with Crippen molar-refractivity contribution in [2.24, 2.45) is 5.92 Å². The zero-order valence-electron chi connectivity index (χ0n) is 14.1. The smallest absolute Gasteiger partial charge is 0.267 e. The molecule has 0 radical (unpaired) electrons. The summed E-state index contributed by atoms with van der Waals surface area (Å²) in [6.07, 6.45) is 5.23. The Hall–Kier alpha value is -2.01. The van der Waals surface area contributed by atoms with E-state index in [0.29, 0.717) is 29.7 Å². The van der Waals surface area contributed by atoms with E-state index >= 15 is 0 Å². The number of hydrogen-bond donors (Lipinski definition) is 2. The lowest BCUT2D eigenvalue weighted by Crippen LogP contribution is -2.36. The van der Waals surface area contributed by atoms with E-state index in [2.05, 4.69) is 10.3 Å². The van der Waals surface area contributed by atoms with E-state index in [1.165, 1.54) is 12.8 Å². The van der Waals surface area contributed by atoms with Crippen molar-refractivity contribution in [3.8, 4) is 0 Å². The molecule has 1 saturated carbocycles. The van der Waals surface area contributed by atoms with Gasteiger partial charge in [0.15, 0.2) is 0 Å². The first-order chi connectivity index (χ1) is 12.1. The van der Waals surface area contributed by atoms with Crippen LogP contribution in [0.4, 0.5) is 0 Å². The van der Waals surface area contributed by atoms with E-state index in [-0.39, 0.29) is 17.7 Å². The quantitative estimate of drug-likeness (QED) is 0.879. The number of hydrogen-bond acceptors (Lipinski definition) is 2. The van der Waals surface area contributed by atoms with Gasteiger partial charge in [-0.2, -0.15) is 0 Å². The highest BCUT2D eigenvalue weighted by Crippen LogP contribution is 2.29. The highest BCUT2D eigenvalue weighted by Gasteiger charge is 2.35. The summed E-state index contributed by atoms with van der Waals surface area (Å²) in [5.41, 5.74) is 1.35. The molecule has 132 valence electrons. The molecule has 1 atom stereocenters. The third-order valence-corrected chi connectivity index (χ3v) is 5.74. The molecule has 1 saturated heterocycles. The minimum absolute atomic E-state index is 0.154. The number of rotatable bonds is 4. The average Bonchev–Trinajstić information content (AvgIpc) is 3.32. The number of carbonyl (C=O) groups is 2. The fraction of sp³-hybridized carbons (Fsp3) is 0.474. The predicted octanol–water partition coefficient (Wildman–Crippen LogP) is 3.34. The Morgan fingerprint density at radius 1 is 1.32 bits per heavy atom. The molecule has 6 heteroatoms. The minimum atomic E-state index is -0.154. The van der Waals surface area contributed by atoms with Gasteiger partial charge in [-0.1, -0.05) is 30.5 Å². The van der Waals surface area contributed by atoms with Crippen LogP contribution in [0.25, 0.3) is 10.9 Å². The van der Waals surface area contributed by atoms with Crippen LogP contribution >= 0.6 is 11.6 Å². The van der Waals surface area contributed by atoms with Crippen LogP contribution in [0.3, 0.4) is 0 Å². The molecule has 1 aliphatic carbocycles. The number of halogens is 1. The van der Waals surface area contributed by atoms with Crippen LogP contribution in [0.15, 0.2) is 24.3 Å². The molecule has 2 aliphatic rings. The third-order valence-electron chi connectivity index (χ3n) is 5.41. The van der Waals surface area contributed by atoms with Gasteiger partial charge in [0, 0.05) is 47.4 Å². The summed E-state index contributed by atoms with van der Waals surface area (Å²) in [7, 11) is 0. The van der Waals surface area contributed by atoms with Gasteiger partial charge in [-0.25, -0.2) is 0 Å². The first kappa shape index (κ1) is 16.5. The molecule has 0 bridgehead atoms. The van der Waals surface area contributed by atoms with Crippen LogP contribution in [0.1, 0.15) is 42.6 Å². The second-order valence-corrected chi connectivity index (χ2v) is 7.56. The van der Waals surface area contributed by atoms with Crippen molar-refractivity contribution in [1.82, 2.24) is 15.2 Å². The lowest BCUT2D eigenvalue weighted by atomic mass is 10.1. The fourth-order valence-electron chi connectivity index (χ4n) is 4.09. The lowest BCUT2D eigenvalue weighted by Gasteiger charge is -2.24. The molecule has 0 spiro atoms. The largest absolute Gasteiger partial charge is 0.350 e. The number of aromatic amines is 1. The second kappa shape index (κ2) is 6.71. The maximum atomic E-state index is 12.4. The van der Waals surface area contributed by atoms with Crippen LogP contribution in [0, 0.1) is 5.92 Å². The van der Waals surface area contributed by atoms with Gasteiger partial charge in [-0.15, -0.1) is 0 Å². The van der Waals surface area contributed by atoms with Crippen molar-refractivity contribution in [2.45, 2.75) is 38.1 Å². The monoisotopic (exact) mass is 359 g/mol. The first-order valence-corrected chi connectivity index (χ1v) is 9.34. The molecular formula is C19H22ClN3O2. The SMILES string of the molecule is O=C(NCC1CC(=O)N(C2CCCC2)C1)c1cc2c(Cl)cccc2[nH]1. The van der Waals surface area contributed by atoms with Crippen molar-refractivity contribution in [3.05, 3.63) is 35.0 Å². The normalized spacial score (nSPS) is 21.4. The number of benzene rings is 1. The number of fused-ring (bicyclic) bond motifs is 1.